The first-order valence-electron chi connectivity index (χ1n) is 14.4. The first-order chi connectivity index (χ1) is 20.6. The fraction of sp³-hybridized carbons (Fsp3) is 0.333. The summed E-state index contributed by atoms with van der Waals surface area (Å²) in [5.74, 6) is 1.87. The van der Waals surface area contributed by atoms with Crippen molar-refractivity contribution in [1.82, 2.24) is 24.1 Å². The van der Waals surface area contributed by atoms with E-state index in [2.05, 4.69) is 4.98 Å². The number of carbonyl (C=O) groups excluding carboxylic acids is 1. The minimum atomic E-state index is -0.536. The van der Waals surface area contributed by atoms with Crippen LogP contribution < -0.4 is 15.0 Å². The van der Waals surface area contributed by atoms with Gasteiger partial charge in [0, 0.05) is 48.4 Å². The number of rotatable bonds is 5. The van der Waals surface area contributed by atoms with Gasteiger partial charge in [-0.05, 0) is 76.3 Å². The highest BCUT2D eigenvalue weighted by Crippen LogP contribution is 2.32. The van der Waals surface area contributed by atoms with Crippen LogP contribution in [-0.2, 0) is 4.74 Å². The van der Waals surface area contributed by atoms with E-state index in [0.717, 1.165) is 16.6 Å². The third kappa shape index (κ3) is 5.90. The average Bonchev–Trinajstić information content (AvgIpc) is 3.37. The Morgan fingerprint density at radius 1 is 1.00 bits per heavy atom. The molecule has 6 rings (SSSR count). The number of imidazole rings is 1. The largest absolute Gasteiger partial charge is 0.497 e. The zero-order valence-electron chi connectivity index (χ0n) is 25.0. The zero-order valence-corrected chi connectivity index (χ0v) is 25.0. The number of hydrogen-bond acceptors (Lipinski definition) is 7. The lowest BCUT2D eigenvalue weighted by Gasteiger charge is -2.34. The van der Waals surface area contributed by atoms with Crippen LogP contribution in [0.3, 0.4) is 0 Å². The number of hydrogen-bond donors (Lipinski definition) is 0. The van der Waals surface area contributed by atoms with Crippen LogP contribution in [0, 0.1) is 6.92 Å². The zero-order chi connectivity index (χ0) is 30.3. The van der Waals surface area contributed by atoms with Crippen LogP contribution >= 0.6 is 0 Å². The van der Waals surface area contributed by atoms with Crippen LogP contribution in [0.4, 0.5) is 4.79 Å². The number of benzene rings is 2. The first kappa shape index (κ1) is 28.3. The Hall–Kier alpha value is -4.86. The van der Waals surface area contributed by atoms with Gasteiger partial charge in [-0.3, -0.25) is 4.79 Å². The Balaban J connectivity index is 1.27. The molecule has 2 aromatic carbocycles. The lowest BCUT2D eigenvalue weighted by Crippen LogP contribution is -2.43. The summed E-state index contributed by atoms with van der Waals surface area (Å²) in [5, 5.41) is 6.25. The minimum absolute atomic E-state index is 0.0140. The summed E-state index contributed by atoms with van der Waals surface area (Å²) in [6, 6.07) is 17.0. The first-order valence-corrected chi connectivity index (χ1v) is 14.4. The van der Waals surface area contributed by atoms with Crippen molar-refractivity contribution in [1.29, 1.82) is 0 Å². The maximum absolute atomic E-state index is 13.6. The summed E-state index contributed by atoms with van der Waals surface area (Å²) >= 11 is 0. The second-order valence-electron chi connectivity index (χ2n) is 11.9. The van der Waals surface area contributed by atoms with Gasteiger partial charge in [0.15, 0.2) is 11.4 Å². The van der Waals surface area contributed by atoms with Crippen LogP contribution in [0.2, 0.25) is 0 Å². The number of piperidine rings is 1. The Morgan fingerprint density at radius 2 is 1.77 bits per heavy atom. The molecule has 4 heterocycles. The van der Waals surface area contributed by atoms with E-state index in [9.17, 15) is 9.59 Å². The Kier molecular flexibility index (Phi) is 7.29. The van der Waals surface area contributed by atoms with E-state index in [4.69, 9.17) is 19.3 Å². The number of likely N-dealkylation sites (tertiary alicyclic amines) is 1. The van der Waals surface area contributed by atoms with Crippen molar-refractivity contribution in [2.75, 3.05) is 20.2 Å². The molecule has 0 saturated carbocycles. The van der Waals surface area contributed by atoms with Gasteiger partial charge in [-0.1, -0.05) is 12.1 Å². The maximum Gasteiger partial charge on any atom is 0.410 e. The van der Waals surface area contributed by atoms with E-state index in [-0.39, 0.29) is 17.7 Å². The van der Waals surface area contributed by atoms with Gasteiger partial charge in [-0.25, -0.2) is 14.3 Å². The van der Waals surface area contributed by atoms with E-state index < -0.39 is 5.60 Å². The average molecular weight is 582 g/mol. The van der Waals surface area contributed by atoms with Crippen molar-refractivity contribution in [3.8, 4) is 28.5 Å². The molecule has 1 fully saturated rings. The Bertz CT molecular complexity index is 1880. The molecule has 1 amide bonds. The van der Waals surface area contributed by atoms with Crippen LogP contribution in [-0.4, -0.2) is 56.0 Å². The molecule has 0 unspecified atom stereocenters. The predicted molar refractivity (Wildman–Crippen MR) is 164 cm³/mol. The molecule has 0 bridgehead atoms. The summed E-state index contributed by atoms with van der Waals surface area (Å²) in [5.41, 5.74) is 2.37. The van der Waals surface area contributed by atoms with Crippen molar-refractivity contribution in [2.24, 2.45) is 0 Å². The van der Waals surface area contributed by atoms with Crippen LogP contribution in [0.25, 0.3) is 27.7 Å². The molecule has 0 N–H and O–H groups in total. The highest BCUT2D eigenvalue weighted by molar-refractivity contribution is 5.86. The molecule has 0 atom stereocenters. The molecule has 3 aromatic heterocycles. The molecular weight excluding hydrogens is 546 g/mol. The van der Waals surface area contributed by atoms with Gasteiger partial charge in [-0.15, -0.1) is 0 Å². The third-order valence-corrected chi connectivity index (χ3v) is 7.52. The number of pyridine rings is 1. The lowest BCUT2D eigenvalue weighted by molar-refractivity contribution is 0.0187. The maximum atomic E-state index is 13.6. The number of aromatic nitrogens is 4. The summed E-state index contributed by atoms with van der Waals surface area (Å²) in [7, 11) is 1.61. The van der Waals surface area contributed by atoms with Crippen molar-refractivity contribution in [3.05, 3.63) is 83.0 Å². The summed E-state index contributed by atoms with van der Waals surface area (Å²) < 4.78 is 20.6. The Morgan fingerprint density at radius 3 is 2.51 bits per heavy atom. The smallest absolute Gasteiger partial charge is 0.410 e. The van der Waals surface area contributed by atoms with E-state index in [1.807, 2.05) is 94.7 Å². The van der Waals surface area contributed by atoms with Gasteiger partial charge in [0.2, 0.25) is 0 Å². The quantitative estimate of drug-likeness (QED) is 0.237. The molecule has 5 aromatic rings. The molecule has 1 aliphatic rings. The van der Waals surface area contributed by atoms with Gasteiger partial charge < -0.3 is 23.7 Å². The number of fused-ring (bicyclic) bond motifs is 2. The second kappa shape index (κ2) is 11.1. The molecular formula is C33H35N5O5. The number of carbonyl (C=O) groups is 1. The van der Waals surface area contributed by atoms with E-state index >= 15 is 0 Å². The standard InChI is InChI=1S/C33H35N5O5/c1-21-20-38-30(34-21)29(42-26-8-6-7-25(18-26)41-5)19-28(35-38)23-9-10-27-22(17-23)11-16-37(31(27)39)24-12-14-36(15-13-24)32(40)43-33(2,3)4/h6-11,16-20,24H,12-15H2,1-5H3. The van der Waals surface area contributed by atoms with Crippen molar-refractivity contribution in [2.45, 2.75) is 52.2 Å². The van der Waals surface area contributed by atoms with E-state index in [1.54, 1.807) is 21.1 Å². The number of methoxy groups -OCH3 is 1. The summed E-state index contributed by atoms with van der Waals surface area (Å²) in [6.07, 6.45) is 4.78. The summed E-state index contributed by atoms with van der Waals surface area (Å²) in [6.45, 7) is 8.58. The minimum Gasteiger partial charge on any atom is -0.497 e. The van der Waals surface area contributed by atoms with Crippen molar-refractivity contribution < 1.29 is 19.0 Å². The number of aryl methyl sites for hydroxylation is 1. The molecule has 43 heavy (non-hydrogen) atoms. The predicted octanol–water partition coefficient (Wildman–Crippen LogP) is 6.39. The SMILES string of the molecule is COc1cccc(Oc2cc(-c3ccc4c(=O)n(C5CCN(C(=O)OC(C)(C)C)CC5)ccc4c3)nn3cc(C)nc23)c1. The number of amides is 1. The number of nitrogens with zero attached hydrogens (tertiary/aromatic N) is 5. The topological polar surface area (TPSA) is 100 Å². The molecule has 10 heteroatoms. The molecule has 0 spiro atoms. The van der Waals surface area contributed by atoms with E-state index in [1.165, 1.54) is 0 Å². The van der Waals surface area contributed by atoms with Gasteiger partial charge in [-0.2, -0.15) is 5.10 Å². The fourth-order valence-corrected chi connectivity index (χ4v) is 5.43. The van der Waals surface area contributed by atoms with Gasteiger partial charge in [0.1, 0.15) is 17.1 Å². The molecule has 0 radical (unpaired) electrons. The van der Waals surface area contributed by atoms with Crippen LogP contribution in [0.15, 0.2) is 71.8 Å². The molecule has 1 aliphatic heterocycles. The molecule has 0 aliphatic carbocycles. The fourth-order valence-electron chi connectivity index (χ4n) is 5.43. The highest BCUT2D eigenvalue weighted by atomic mass is 16.6. The van der Waals surface area contributed by atoms with Crippen molar-refractivity contribution >= 4 is 22.5 Å². The van der Waals surface area contributed by atoms with E-state index in [0.29, 0.717) is 59.9 Å². The second-order valence-corrected chi connectivity index (χ2v) is 11.9. The molecule has 10 nitrogen and oxygen atoms in total. The van der Waals surface area contributed by atoms with Crippen LogP contribution in [0.5, 0.6) is 17.2 Å². The third-order valence-electron chi connectivity index (χ3n) is 7.52. The lowest BCUT2D eigenvalue weighted by atomic mass is 10.0. The van der Waals surface area contributed by atoms with Gasteiger partial charge >= 0.3 is 6.09 Å². The van der Waals surface area contributed by atoms with Crippen LogP contribution in [0.1, 0.15) is 45.3 Å². The van der Waals surface area contributed by atoms with Crippen molar-refractivity contribution in [3.63, 3.8) is 0 Å². The summed E-state index contributed by atoms with van der Waals surface area (Å²) in [4.78, 5) is 32.4. The monoisotopic (exact) mass is 581 g/mol. The number of ether oxygens (including phenoxy) is 3. The van der Waals surface area contributed by atoms with Gasteiger partial charge in [0.05, 0.1) is 24.7 Å². The Labute approximate surface area is 249 Å². The molecule has 222 valence electrons. The molecule has 1 saturated heterocycles. The van der Waals surface area contributed by atoms with Gasteiger partial charge in [0.25, 0.3) is 5.56 Å². The normalized spacial score (nSPS) is 14.3. The highest BCUT2D eigenvalue weighted by Gasteiger charge is 2.28.